The molecule has 88 valence electrons. The molecule has 16 heavy (non-hydrogen) atoms. The SMILES string of the molecule is CC(C)c1cc(OC=O)c(O)c(C(C)C)c1. The normalized spacial score (nSPS) is 10.9. The van der Waals surface area contributed by atoms with Gasteiger partial charge in [-0.1, -0.05) is 33.8 Å². The van der Waals surface area contributed by atoms with Crippen molar-refractivity contribution >= 4 is 6.47 Å². The van der Waals surface area contributed by atoms with Gasteiger partial charge in [0.1, 0.15) is 0 Å². The summed E-state index contributed by atoms with van der Waals surface area (Å²) in [6, 6.07) is 3.67. The standard InChI is InChI=1S/C13H18O3/c1-8(2)10-5-11(9(3)4)13(15)12(6-10)16-7-14/h5-9,15H,1-4H3. The predicted octanol–water partition coefficient (Wildman–Crippen LogP) is 3.17. The van der Waals surface area contributed by atoms with E-state index in [1.165, 1.54) is 0 Å². The van der Waals surface area contributed by atoms with Crippen LogP contribution < -0.4 is 4.74 Å². The molecule has 3 nitrogen and oxygen atoms in total. The molecule has 1 aromatic carbocycles. The van der Waals surface area contributed by atoms with Gasteiger partial charge in [0.25, 0.3) is 6.47 Å². The van der Waals surface area contributed by atoms with Gasteiger partial charge in [0, 0.05) is 5.56 Å². The largest absolute Gasteiger partial charge is 0.504 e. The van der Waals surface area contributed by atoms with Crippen molar-refractivity contribution in [2.24, 2.45) is 0 Å². The van der Waals surface area contributed by atoms with Gasteiger partial charge in [0.2, 0.25) is 0 Å². The first kappa shape index (κ1) is 12.6. The van der Waals surface area contributed by atoms with Crippen LogP contribution in [0.15, 0.2) is 12.1 Å². The van der Waals surface area contributed by atoms with E-state index in [0.29, 0.717) is 12.4 Å². The van der Waals surface area contributed by atoms with Gasteiger partial charge in [-0.05, 0) is 23.5 Å². The molecule has 0 aliphatic heterocycles. The Morgan fingerprint density at radius 1 is 1.19 bits per heavy atom. The van der Waals surface area contributed by atoms with E-state index in [9.17, 15) is 9.90 Å². The minimum atomic E-state index is 0.0616. The highest BCUT2D eigenvalue weighted by atomic mass is 16.5. The van der Waals surface area contributed by atoms with Crippen molar-refractivity contribution in [1.29, 1.82) is 0 Å². The summed E-state index contributed by atoms with van der Waals surface area (Å²) in [5, 5.41) is 9.91. The molecule has 0 amide bonds. The van der Waals surface area contributed by atoms with Gasteiger partial charge in [-0.3, -0.25) is 4.79 Å². The first-order valence-corrected chi connectivity index (χ1v) is 5.44. The third kappa shape index (κ3) is 2.54. The van der Waals surface area contributed by atoms with Gasteiger partial charge >= 0.3 is 0 Å². The van der Waals surface area contributed by atoms with Crippen LogP contribution in [0.5, 0.6) is 11.5 Å². The molecule has 0 saturated carbocycles. The van der Waals surface area contributed by atoms with Gasteiger partial charge in [-0.25, -0.2) is 0 Å². The molecule has 0 bridgehead atoms. The lowest BCUT2D eigenvalue weighted by molar-refractivity contribution is -0.120. The zero-order valence-corrected chi connectivity index (χ0v) is 10.2. The molecule has 1 aromatic rings. The molecule has 0 heterocycles. The average molecular weight is 222 g/mol. The van der Waals surface area contributed by atoms with E-state index >= 15 is 0 Å². The van der Waals surface area contributed by atoms with Crippen LogP contribution in [0.1, 0.15) is 50.7 Å². The highest BCUT2D eigenvalue weighted by molar-refractivity contribution is 5.56. The van der Waals surface area contributed by atoms with Crippen molar-refractivity contribution in [2.75, 3.05) is 0 Å². The molecule has 0 fully saturated rings. The number of carbonyl (C=O) groups excluding carboxylic acids is 1. The average Bonchev–Trinajstić information content (AvgIpc) is 2.20. The van der Waals surface area contributed by atoms with Crippen LogP contribution >= 0.6 is 0 Å². The second kappa shape index (κ2) is 5.01. The Bertz CT molecular complexity index is 381. The van der Waals surface area contributed by atoms with Crippen molar-refractivity contribution < 1.29 is 14.6 Å². The maximum atomic E-state index is 10.4. The number of aromatic hydroxyl groups is 1. The molecule has 1 rings (SSSR count). The van der Waals surface area contributed by atoms with E-state index in [0.717, 1.165) is 11.1 Å². The summed E-state index contributed by atoms with van der Waals surface area (Å²) in [6.45, 7) is 8.43. The van der Waals surface area contributed by atoms with Crippen LogP contribution in [0.25, 0.3) is 0 Å². The number of hydrogen-bond donors (Lipinski definition) is 1. The summed E-state index contributed by atoms with van der Waals surface area (Å²) < 4.78 is 4.79. The number of ether oxygens (including phenoxy) is 1. The lowest BCUT2D eigenvalue weighted by Crippen LogP contribution is -1.98. The smallest absolute Gasteiger partial charge is 0.298 e. The number of phenols is 1. The van der Waals surface area contributed by atoms with Crippen molar-refractivity contribution in [2.45, 2.75) is 39.5 Å². The number of rotatable bonds is 4. The first-order valence-electron chi connectivity index (χ1n) is 5.44. The minimum absolute atomic E-state index is 0.0616. The van der Waals surface area contributed by atoms with Gasteiger partial charge in [-0.2, -0.15) is 0 Å². The quantitative estimate of drug-likeness (QED) is 0.796. The maximum absolute atomic E-state index is 10.4. The Balaban J connectivity index is 3.32. The van der Waals surface area contributed by atoms with E-state index in [-0.39, 0.29) is 17.4 Å². The molecule has 0 unspecified atom stereocenters. The molecule has 0 saturated heterocycles. The Labute approximate surface area is 96.1 Å². The van der Waals surface area contributed by atoms with E-state index < -0.39 is 0 Å². The zero-order valence-electron chi connectivity index (χ0n) is 10.2. The minimum Gasteiger partial charge on any atom is -0.504 e. The van der Waals surface area contributed by atoms with Gasteiger partial charge < -0.3 is 9.84 Å². The van der Waals surface area contributed by atoms with Crippen LogP contribution in [-0.4, -0.2) is 11.6 Å². The maximum Gasteiger partial charge on any atom is 0.298 e. The summed E-state index contributed by atoms with van der Waals surface area (Å²) in [5.41, 5.74) is 1.86. The molecule has 0 aliphatic carbocycles. The first-order chi connectivity index (χ1) is 7.47. The number of carbonyl (C=O) groups is 1. The topological polar surface area (TPSA) is 46.5 Å². The molecule has 1 N–H and O–H groups in total. The molecular formula is C13H18O3. The van der Waals surface area contributed by atoms with E-state index in [4.69, 9.17) is 4.74 Å². The van der Waals surface area contributed by atoms with E-state index in [2.05, 4.69) is 13.8 Å². The molecule has 0 atom stereocenters. The van der Waals surface area contributed by atoms with Crippen LogP contribution in [-0.2, 0) is 4.79 Å². The monoisotopic (exact) mass is 222 g/mol. The Morgan fingerprint density at radius 2 is 1.81 bits per heavy atom. The molecule has 3 heteroatoms. The third-order valence-corrected chi connectivity index (χ3v) is 2.59. The van der Waals surface area contributed by atoms with E-state index in [1.807, 2.05) is 19.9 Å². The molecule has 0 spiro atoms. The van der Waals surface area contributed by atoms with Gasteiger partial charge in [0.15, 0.2) is 11.5 Å². The summed E-state index contributed by atoms with van der Waals surface area (Å²) in [6.07, 6.45) is 0. The van der Waals surface area contributed by atoms with E-state index in [1.54, 1.807) is 6.07 Å². The third-order valence-electron chi connectivity index (χ3n) is 2.59. The van der Waals surface area contributed by atoms with Crippen LogP contribution in [0.3, 0.4) is 0 Å². The second-order valence-corrected chi connectivity index (χ2v) is 4.48. The fourth-order valence-corrected chi connectivity index (χ4v) is 1.57. The number of phenolic OH excluding ortho intramolecular Hbond substituents is 1. The number of benzene rings is 1. The predicted molar refractivity (Wildman–Crippen MR) is 63.0 cm³/mol. The molecular weight excluding hydrogens is 204 g/mol. The summed E-state index contributed by atoms with van der Waals surface area (Å²) in [7, 11) is 0. The fourth-order valence-electron chi connectivity index (χ4n) is 1.57. The van der Waals surface area contributed by atoms with Gasteiger partial charge in [-0.15, -0.1) is 0 Å². The highest BCUT2D eigenvalue weighted by Crippen LogP contribution is 2.37. The Hall–Kier alpha value is -1.51. The molecule has 0 radical (unpaired) electrons. The summed E-state index contributed by atoms with van der Waals surface area (Å²) in [4.78, 5) is 10.4. The zero-order chi connectivity index (χ0) is 12.3. The second-order valence-electron chi connectivity index (χ2n) is 4.48. The van der Waals surface area contributed by atoms with Crippen molar-refractivity contribution in [1.82, 2.24) is 0 Å². The molecule has 0 aliphatic rings. The Kier molecular flexibility index (Phi) is 3.93. The Morgan fingerprint density at radius 3 is 2.25 bits per heavy atom. The van der Waals surface area contributed by atoms with Crippen LogP contribution in [0.4, 0.5) is 0 Å². The molecule has 0 aromatic heterocycles. The van der Waals surface area contributed by atoms with Gasteiger partial charge in [0.05, 0.1) is 0 Å². The van der Waals surface area contributed by atoms with Crippen LogP contribution in [0.2, 0.25) is 0 Å². The van der Waals surface area contributed by atoms with Crippen molar-refractivity contribution in [3.05, 3.63) is 23.3 Å². The number of hydrogen-bond acceptors (Lipinski definition) is 3. The fraction of sp³-hybridized carbons (Fsp3) is 0.462. The highest BCUT2D eigenvalue weighted by Gasteiger charge is 2.15. The van der Waals surface area contributed by atoms with Crippen LogP contribution in [0, 0.1) is 0 Å². The summed E-state index contributed by atoms with van der Waals surface area (Å²) >= 11 is 0. The van der Waals surface area contributed by atoms with Crippen molar-refractivity contribution in [3.63, 3.8) is 0 Å². The summed E-state index contributed by atoms with van der Waals surface area (Å²) in [5.74, 6) is 0.816. The lowest BCUT2D eigenvalue weighted by atomic mass is 9.94. The van der Waals surface area contributed by atoms with Crippen molar-refractivity contribution in [3.8, 4) is 11.5 Å². The lowest BCUT2D eigenvalue weighted by Gasteiger charge is -2.15.